The second-order valence-corrected chi connectivity index (χ2v) is 5.66. The lowest BCUT2D eigenvalue weighted by atomic mass is 9.88. The first-order chi connectivity index (χ1) is 10.1. The molecule has 1 aliphatic rings. The standard InChI is InChI=1S/C15H23N3O3/c1-11-5-3-4-6-13(11)21-8-7-16-15(20)14(19)12-9-17-18(2)10-12/h9-11,13H,3-8H2,1-2H3,(H,16,20)/t11-,13-/m0/s1. The number of hydrogen-bond donors (Lipinski definition) is 1. The Kier molecular flexibility index (Phi) is 5.50. The van der Waals surface area contributed by atoms with Gasteiger partial charge in [-0.3, -0.25) is 14.3 Å². The maximum absolute atomic E-state index is 11.8. The van der Waals surface area contributed by atoms with E-state index in [2.05, 4.69) is 17.3 Å². The molecular weight excluding hydrogens is 270 g/mol. The van der Waals surface area contributed by atoms with Crippen LogP contribution in [0, 0.1) is 5.92 Å². The highest BCUT2D eigenvalue weighted by atomic mass is 16.5. The van der Waals surface area contributed by atoms with Crippen LogP contribution in [0.15, 0.2) is 12.4 Å². The van der Waals surface area contributed by atoms with Gasteiger partial charge in [0.1, 0.15) is 0 Å². The zero-order valence-electron chi connectivity index (χ0n) is 12.7. The molecule has 0 aromatic carbocycles. The first-order valence-electron chi connectivity index (χ1n) is 7.50. The molecule has 1 heterocycles. The Morgan fingerprint density at radius 3 is 2.86 bits per heavy atom. The average molecular weight is 293 g/mol. The molecule has 6 nitrogen and oxygen atoms in total. The number of carbonyl (C=O) groups is 2. The fourth-order valence-electron chi connectivity index (χ4n) is 2.65. The number of rotatable bonds is 6. The van der Waals surface area contributed by atoms with Gasteiger partial charge >= 0.3 is 0 Å². The molecule has 1 saturated carbocycles. The van der Waals surface area contributed by atoms with Gasteiger partial charge in [0.05, 0.1) is 24.5 Å². The topological polar surface area (TPSA) is 73.2 Å². The predicted molar refractivity (Wildman–Crippen MR) is 77.9 cm³/mol. The third kappa shape index (κ3) is 4.39. The molecule has 0 saturated heterocycles. The Labute approximate surface area is 124 Å². The van der Waals surface area contributed by atoms with Gasteiger partial charge in [0.15, 0.2) is 0 Å². The van der Waals surface area contributed by atoms with E-state index in [1.165, 1.54) is 36.3 Å². The molecule has 0 aliphatic heterocycles. The molecule has 2 atom stereocenters. The van der Waals surface area contributed by atoms with Gasteiger partial charge in [-0.1, -0.05) is 19.8 Å². The van der Waals surface area contributed by atoms with Crippen molar-refractivity contribution >= 4 is 11.7 Å². The van der Waals surface area contributed by atoms with Crippen molar-refractivity contribution in [3.63, 3.8) is 0 Å². The summed E-state index contributed by atoms with van der Waals surface area (Å²) in [4.78, 5) is 23.5. The summed E-state index contributed by atoms with van der Waals surface area (Å²) in [5, 5.41) is 6.47. The van der Waals surface area contributed by atoms with Gasteiger partial charge in [-0.05, 0) is 18.8 Å². The van der Waals surface area contributed by atoms with Gasteiger partial charge in [-0.25, -0.2) is 0 Å². The molecule has 1 amide bonds. The second kappa shape index (κ2) is 7.36. The number of nitrogens with one attached hydrogen (secondary N) is 1. The van der Waals surface area contributed by atoms with Gasteiger partial charge in [0.25, 0.3) is 11.7 Å². The van der Waals surface area contributed by atoms with Gasteiger partial charge in [0.2, 0.25) is 0 Å². The Morgan fingerprint density at radius 1 is 1.43 bits per heavy atom. The van der Waals surface area contributed by atoms with Crippen molar-refractivity contribution in [2.24, 2.45) is 13.0 Å². The molecule has 1 N–H and O–H groups in total. The lowest BCUT2D eigenvalue weighted by molar-refractivity contribution is -0.117. The smallest absolute Gasteiger partial charge is 0.292 e. The van der Waals surface area contributed by atoms with Crippen LogP contribution in [-0.2, 0) is 16.6 Å². The van der Waals surface area contributed by atoms with Crippen molar-refractivity contribution in [1.82, 2.24) is 15.1 Å². The summed E-state index contributed by atoms with van der Waals surface area (Å²) in [6.45, 7) is 3.00. The van der Waals surface area contributed by atoms with E-state index in [4.69, 9.17) is 4.74 Å². The molecule has 6 heteroatoms. The third-order valence-corrected chi connectivity index (χ3v) is 3.93. The van der Waals surface area contributed by atoms with Crippen LogP contribution >= 0.6 is 0 Å². The van der Waals surface area contributed by atoms with Gasteiger partial charge in [-0.2, -0.15) is 5.10 Å². The molecule has 0 unspecified atom stereocenters. The van der Waals surface area contributed by atoms with Crippen LogP contribution in [-0.4, -0.2) is 40.7 Å². The first-order valence-corrected chi connectivity index (χ1v) is 7.50. The first kappa shape index (κ1) is 15.7. The van der Waals surface area contributed by atoms with Gasteiger partial charge in [0, 0.05) is 19.8 Å². The summed E-state index contributed by atoms with van der Waals surface area (Å²) in [6, 6.07) is 0. The molecule has 0 spiro atoms. The minimum Gasteiger partial charge on any atom is -0.376 e. The molecule has 1 aromatic heterocycles. The number of ether oxygens (including phenoxy) is 1. The summed E-state index contributed by atoms with van der Waals surface area (Å²) >= 11 is 0. The van der Waals surface area contributed by atoms with E-state index in [1.807, 2.05) is 0 Å². The molecule has 0 bridgehead atoms. The summed E-state index contributed by atoms with van der Waals surface area (Å²) in [6.07, 6.45) is 7.98. The zero-order valence-corrected chi connectivity index (χ0v) is 12.7. The maximum atomic E-state index is 11.8. The number of carbonyl (C=O) groups excluding carboxylic acids is 2. The third-order valence-electron chi connectivity index (χ3n) is 3.93. The van der Waals surface area contributed by atoms with E-state index in [0.29, 0.717) is 24.6 Å². The molecule has 21 heavy (non-hydrogen) atoms. The molecule has 0 radical (unpaired) electrons. The largest absolute Gasteiger partial charge is 0.376 e. The highest BCUT2D eigenvalue weighted by Crippen LogP contribution is 2.25. The van der Waals surface area contributed by atoms with Crippen LogP contribution in [0.5, 0.6) is 0 Å². The van der Waals surface area contributed by atoms with E-state index in [9.17, 15) is 9.59 Å². The van der Waals surface area contributed by atoms with Crippen molar-refractivity contribution < 1.29 is 14.3 Å². The fraction of sp³-hybridized carbons (Fsp3) is 0.667. The Balaban J connectivity index is 1.68. The minimum absolute atomic E-state index is 0.282. The Bertz CT molecular complexity index is 498. The average Bonchev–Trinajstić information content (AvgIpc) is 2.91. The number of hydrogen-bond acceptors (Lipinski definition) is 4. The Morgan fingerprint density at radius 2 is 2.19 bits per heavy atom. The van der Waals surface area contributed by atoms with Crippen LogP contribution < -0.4 is 5.32 Å². The van der Waals surface area contributed by atoms with Crippen LogP contribution in [0.4, 0.5) is 0 Å². The van der Waals surface area contributed by atoms with Crippen molar-refractivity contribution in [2.75, 3.05) is 13.2 Å². The van der Waals surface area contributed by atoms with Crippen molar-refractivity contribution in [3.8, 4) is 0 Å². The summed E-state index contributed by atoms with van der Waals surface area (Å²) in [5.41, 5.74) is 0.303. The number of Topliss-reactive ketones (excluding diaryl/α,β-unsaturated/α-hetero) is 1. The van der Waals surface area contributed by atoms with E-state index in [0.717, 1.165) is 6.42 Å². The minimum atomic E-state index is -0.608. The quantitative estimate of drug-likeness (QED) is 0.487. The van der Waals surface area contributed by atoms with Crippen LogP contribution in [0.2, 0.25) is 0 Å². The van der Waals surface area contributed by atoms with Crippen LogP contribution in [0.3, 0.4) is 0 Å². The number of ketones is 1. The van der Waals surface area contributed by atoms with Crippen molar-refractivity contribution in [2.45, 2.75) is 38.7 Å². The van der Waals surface area contributed by atoms with Gasteiger partial charge < -0.3 is 10.1 Å². The Hall–Kier alpha value is -1.69. The SMILES string of the molecule is C[C@H]1CCCC[C@@H]1OCCNC(=O)C(=O)c1cnn(C)c1. The van der Waals surface area contributed by atoms with Crippen molar-refractivity contribution in [1.29, 1.82) is 0 Å². The van der Waals surface area contributed by atoms with Gasteiger partial charge in [-0.15, -0.1) is 0 Å². The fourth-order valence-corrected chi connectivity index (χ4v) is 2.65. The van der Waals surface area contributed by atoms with Crippen molar-refractivity contribution in [3.05, 3.63) is 18.0 Å². The van der Waals surface area contributed by atoms with E-state index >= 15 is 0 Å². The van der Waals surface area contributed by atoms with Crippen LogP contribution in [0.1, 0.15) is 43.0 Å². The summed E-state index contributed by atoms with van der Waals surface area (Å²) in [5.74, 6) is -0.594. The zero-order chi connectivity index (χ0) is 15.2. The van der Waals surface area contributed by atoms with E-state index < -0.39 is 11.7 Å². The molecule has 2 rings (SSSR count). The van der Waals surface area contributed by atoms with E-state index in [1.54, 1.807) is 7.05 Å². The molecule has 1 aliphatic carbocycles. The van der Waals surface area contributed by atoms with E-state index in [-0.39, 0.29) is 6.10 Å². The highest BCUT2D eigenvalue weighted by molar-refractivity contribution is 6.42. The van der Waals surface area contributed by atoms with Crippen LogP contribution in [0.25, 0.3) is 0 Å². The number of aromatic nitrogens is 2. The molecule has 1 fully saturated rings. The predicted octanol–water partition coefficient (Wildman–Crippen LogP) is 1.31. The highest BCUT2D eigenvalue weighted by Gasteiger charge is 2.22. The number of amides is 1. The normalized spacial score (nSPS) is 22.0. The number of nitrogens with zero attached hydrogens (tertiary/aromatic N) is 2. The maximum Gasteiger partial charge on any atom is 0.292 e. The lowest BCUT2D eigenvalue weighted by Crippen LogP contribution is -2.35. The number of aryl methyl sites for hydroxylation is 1. The summed E-state index contributed by atoms with van der Waals surface area (Å²) in [7, 11) is 1.70. The second-order valence-electron chi connectivity index (χ2n) is 5.66. The molecular formula is C15H23N3O3. The molecule has 116 valence electrons. The summed E-state index contributed by atoms with van der Waals surface area (Å²) < 4.78 is 7.29. The lowest BCUT2D eigenvalue weighted by Gasteiger charge is -2.28. The molecule has 1 aromatic rings. The monoisotopic (exact) mass is 293 g/mol.